The van der Waals surface area contributed by atoms with E-state index in [1.54, 1.807) is 6.07 Å². The van der Waals surface area contributed by atoms with Gasteiger partial charge in [0.15, 0.2) is 5.78 Å². The molecule has 0 bridgehead atoms. The molecular weight excluding hydrogens is 240 g/mol. The van der Waals surface area contributed by atoms with Gasteiger partial charge in [-0.1, -0.05) is 23.8 Å². The van der Waals surface area contributed by atoms with Crippen molar-refractivity contribution in [3.05, 3.63) is 34.9 Å². The summed E-state index contributed by atoms with van der Waals surface area (Å²) in [6.45, 7) is 3.80. The van der Waals surface area contributed by atoms with E-state index >= 15 is 0 Å². The third-order valence-electron chi connectivity index (χ3n) is 2.54. The molecule has 0 aliphatic heterocycles. The van der Waals surface area contributed by atoms with Crippen LogP contribution in [-0.2, 0) is 4.79 Å². The highest BCUT2D eigenvalue weighted by Crippen LogP contribution is 2.17. The predicted octanol–water partition coefficient (Wildman–Crippen LogP) is 2.96. The maximum absolute atomic E-state index is 12.0. The summed E-state index contributed by atoms with van der Waals surface area (Å²) in [6.07, 6.45) is 0.0633. The number of Topliss-reactive ketones (excluding diaryl/α,β-unsaturated/α-hetero) is 1. The van der Waals surface area contributed by atoms with Crippen LogP contribution in [0.5, 0.6) is 0 Å². The van der Waals surface area contributed by atoms with Gasteiger partial charge >= 0.3 is 5.97 Å². The third kappa shape index (κ3) is 3.86. The van der Waals surface area contributed by atoms with Gasteiger partial charge in [0, 0.05) is 12.0 Å². The summed E-state index contributed by atoms with van der Waals surface area (Å²) >= 11 is 5.91. The number of carboxylic acids is 1. The number of ketones is 1. The van der Waals surface area contributed by atoms with Crippen molar-refractivity contribution in [2.75, 3.05) is 0 Å². The summed E-state index contributed by atoms with van der Waals surface area (Å²) in [7, 11) is 0. The molecule has 0 spiro atoms. The maximum atomic E-state index is 12.0. The smallest absolute Gasteiger partial charge is 0.303 e. The Morgan fingerprint density at radius 1 is 1.35 bits per heavy atom. The number of aryl methyl sites for hydroxylation is 2. The zero-order valence-corrected chi connectivity index (χ0v) is 10.6. The first-order valence-corrected chi connectivity index (χ1v) is 5.83. The van der Waals surface area contributed by atoms with Crippen molar-refractivity contribution in [2.45, 2.75) is 32.1 Å². The fourth-order valence-corrected chi connectivity index (χ4v) is 1.87. The number of aliphatic carboxylic acids is 1. The fourth-order valence-electron chi connectivity index (χ4n) is 1.64. The van der Waals surface area contributed by atoms with Gasteiger partial charge in [-0.15, -0.1) is 11.6 Å². The van der Waals surface area contributed by atoms with Crippen molar-refractivity contribution in [1.82, 2.24) is 0 Å². The van der Waals surface area contributed by atoms with Crippen molar-refractivity contribution in [3.63, 3.8) is 0 Å². The average Bonchev–Trinajstić information content (AvgIpc) is 2.25. The zero-order valence-electron chi connectivity index (χ0n) is 9.87. The number of alkyl halides is 1. The normalized spacial score (nSPS) is 12.2. The van der Waals surface area contributed by atoms with Crippen LogP contribution >= 0.6 is 11.6 Å². The molecule has 1 unspecified atom stereocenters. The average molecular weight is 255 g/mol. The summed E-state index contributed by atoms with van der Waals surface area (Å²) in [5.74, 6) is -1.14. The lowest BCUT2D eigenvalue weighted by atomic mass is 9.99. The van der Waals surface area contributed by atoms with E-state index in [0.717, 1.165) is 11.1 Å². The lowest BCUT2D eigenvalue weighted by Gasteiger charge is -2.10. The molecule has 4 heteroatoms. The van der Waals surface area contributed by atoms with E-state index in [4.69, 9.17) is 16.7 Å². The molecule has 1 aromatic carbocycles. The van der Waals surface area contributed by atoms with Crippen molar-refractivity contribution in [2.24, 2.45) is 0 Å². The molecule has 0 aromatic heterocycles. The van der Waals surface area contributed by atoms with E-state index in [2.05, 4.69) is 0 Å². The standard InChI is InChI=1S/C13H15ClO3/c1-8-3-4-10(9(2)7-8)13(17)11(14)5-6-12(15)16/h3-4,7,11H,5-6H2,1-2H3,(H,15,16). The van der Waals surface area contributed by atoms with Gasteiger partial charge in [-0.3, -0.25) is 9.59 Å². The number of hydrogen-bond acceptors (Lipinski definition) is 2. The number of carbonyl (C=O) groups is 2. The minimum Gasteiger partial charge on any atom is -0.481 e. The van der Waals surface area contributed by atoms with E-state index in [1.807, 2.05) is 26.0 Å². The Morgan fingerprint density at radius 2 is 2.00 bits per heavy atom. The van der Waals surface area contributed by atoms with E-state index in [1.165, 1.54) is 0 Å². The molecule has 1 aromatic rings. The SMILES string of the molecule is Cc1ccc(C(=O)C(Cl)CCC(=O)O)c(C)c1. The highest BCUT2D eigenvalue weighted by atomic mass is 35.5. The highest BCUT2D eigenvalue weighted by Gasteiger charge is 2.19. The molecule has 1 rings (SSSR count). The Hall–Kier alpha value is -1.35. The van der Waals surface area contributed by atoms with Gasteiger partial charge in [0.25, 0.3) is 0 Å². The molecule has 0 heterocycles. The number of benzene rings is 1. The highest BCUT2D eigenvalue weighted by molar-refractivity contribution is 6.34. The maximum Gasteiger partial charge on any atom is 0.303 e. The van der Waals surface area contributed by atoms with E-state index < -0.39 is 11.3 Å². The second kappa shape index (κ2) is 5.82. The molecule has 0 fully saturated rings. The Bertz CT molecular complexity index is 440. The molecule has 0 aliphatic carbocycles. The van der Waals surface area contributed by atoms with Crippen molar-refractivity contribution >= 4 is 23.4 Å². The molecule has 0 radical (unpaired) electrons. The first-order valence-electron chi connectivity index (χ1n) is 5.39. The monoisotopic (exact) mass is 254 g/mol. The molecule has 0 saturated carbocycles. The third-order valence-corrected chi connectivity index (χ3v) is 2.96. The lowest BCUT2D eigenvalue weighted by molar-refractivity contribution is -0.137. The van der Waals surface area contributed by atoms with Crippen molar-refractivity contribution in [1.29, 1.82) is 0 Å². The Kier molecular flexibility index (Phi) is 4.70. The Labute approximate surface area is 105 Å². The summed E-state index contributed by atoms with van der Waals surface area (Å²) in [6, 6.07) is 5.50. The minimum atomic E-state index is -0.941. The van der Waals surface area contributed by atoms with Gasteiger partial charge in [-0.05, 0) is 25.8 Å². The van der Waals surface area contributed by atoms with Crippen molar-refractivity contribution < 1.29 is 14.7 Å². The zero-order chi connectivity index (χ0) is 13.0. The minimum absolute atomic E-state index is 0.0924. The molecular formula is C13H15ClO3. The molecule has 0 saturated heterocycles. The molecule has 17 heavy (non-hydrogen) atoms. The van der Waals surface area contributed by atoms with E-state index in [-0.39, 0.29) is 18.6 Å². The Morgan fingerprint density at radius 3 is 2.53 bits per heavy atom. The number of carbonyl (C=O) groups excluding carboxylic acids is 1. The van der Waals surface area contributed by atoms with E-state index in [0.29, 0.717) is 5.56 Å². The number of hydrogen-bond donors (Lipinski definition) is 1. The van der Waals surface area contributed by atoms with Crippen LogP contribution in [-0.4, -0.2) is 22.2 Å². The van der Waals surface area contributed by atoms with Gasteiger partial charge < -0.3 is 5.11 Å². The van der Waals surface area contributed by atoms with Crippen LogP contribution in [0.15, 0.2) is 18.2 Å². The first-order chi connectivity index (χ1) is 7.91. The largest absolute Gasteiger partial charge is 0.481 e. The lowest BCUT2D eigenvalue weighted by Crippen LogP contribution is -2.17. The topological polar surface area (TPSA) is 54.4 Å². The fraction of sp³-hybridized carbons (Fsp3) is 0.385. The van der Waals surface area contributed by atoms with Crippen LogP contribution in [0.2, 0.25) is 0 Å². The summed E-state index contributed by atoms with van der Waals surface area (Å²) < 4.78 is 0. The molecule has 0 aliphatic rings. The number of rotatable bonds is 5. The van der Waals surface area contributed by atoms with Gasteiger partial charge in [0.05, 0.1) is 5.38 Å². The summed E-state index contributed by atoms with van der Waals surface area (Å²) in [5.41, 5.74) is 2.52. The van der Waals surface area contributed by atoms with Crippen LogP contribution < -0.4 is 0 Å². The van der Waals surface area contributed by atoms with Crippen LogP contribution in [0.1, 0.15) is 34.3 Å². The van der Waals surface area contributed by atoms with Crippen molar-refractivity contribution in [3.8, 4) is 0 Å². The molecule has 3 nitrogen and oxygen atoms in total. The molecule has 92 valence electrons. The summed E-state index contributed by atoms with van der Waals surface area (Å²) in [4.78, 5) is 22.4. The van der Waals surface area contributed by atoms with Gasteiger partial charge in [0.2, 0.25) is 0 Å². The van der Waals surface area contributed by atoms with Gasteiger partial charge in [-0.2, -0.15) is 0 Å². The van der Waals surface area contributed by atoms with E-state index in [9.17, 15) is 9.59 Å². The molecule has 1 N–H and O–H groups in total. The first kappa shape index (κ1) is 13.7. The number of halogens is 1. The second-order valence-electron chi connectivity index (χ2n) is 4.08. The van der Waals surface area contributed by atoms with Crippen LogP contribution in [0.25, 0.3) is 0 Å². The Balaban J connectivity index is 2.78. The predicted molar refractivity (Wildman–Crippen MR) is 66.8 cm³/mol. The van der Waals surface area contributed by atoms with Crippen LogP contribution in [0.4, 0.5) is 0 Å². The van der Waals surface area contributed by atoms with Gasteiger partial charge in [0.1, 0.15) is 0 Å². The molecule has 0 amide bonds. The molecule has 1 atom stereocenters. The van der Waals surface area contributed by atoms with Crippen LogP contribution in [0, 0.1) is 13.8 Å². The number of carboxylic acid groups (broad SMARTS) is 1. The summed E-state index contributed by atoms with van der Waals surface area (Å²) in [5, 5.41) is 7.76. The van der Waals surface area contributed by atoms with Crippen LogP contribution in [0.3, 0.4) is 0 Å². The van der Waals surface area contributed by atoms with Gasteiger partial charge in [-0.25, -0.2) is 0 Å². The quantitative estimate of drug-likeness (QED) is 0.649. The second-order valence-corrected chi connectivity index (χ2v) is 4.61.